The normalized spacial score (nSPS) is 10.6. The van der Waals surface area contributed by atoms with Crippen LogP contribution < -0.4 is 0 Å². The average Bonchev–Trinajstić information content (AvgIpc) is 2.82. The minimum absolute atomic E-state index is 0.937. The van der Waals surface area contributed by atoms with Crippen LogP contribution in [0.15, 0.2) is 60.7 Å². The number of hydrogen-bond donors (Lipinski definition) is 0. The van der Waals surface area contributed by atoms with Gasteiger partial charge >= 0.3 is 0 Å². The lowest BCUT2D eigenvalue weighted by atomic mass is 10.1. The summed E-state index contributed by atoms with van der Waals surface area (Å²) in [6, 6.07) is 20.7. The molecule has 1 heterocycles. The minimum Gasteiger partial charge on any atom is -0.134 e. The molecule has 82 valence electrons. The van der Waals surface area contributed by atoms with Gasteiger partial charge in [-0.25, -0.2) is 0 Å². The topological polar surface area (TPSA) is 0 Å². The van der Waals surface area contributed by atoms with Crippen LogP contribution in [0, 0.1) is 0 Å². The molecule has 3 aromatic rings. The fraction of sp³-hybridized carbons (Fsp3) is 0. The molecule has 0 aliphatic heterocycles. The number of benzene rings is 2. The molecule has 0 saturated carbocycles. The minimum atomic E-state index is 0.937. The monoisotopic (exact) mass is 254 g/mol. The van der Waals surface area contributed by atoms with Gasteiger partial charge in [0.2, 0.25) is 0 Å². The Morgan fingerprint density at radius 2 is 1.59 bits per heavy atom. The van der Waals surface area contributed by atoms with Crippen LogP contribution in [0.1, 0.15) is 10.4 Å². The van der Waals surface area contributed by atoms with E-state index in [4.69, 9.17) is 12.2 Å². The van der Waals surface area contributed by atoms with Crippen LogP contribution in [0.25, 0.3) is 10.1 Å². The molecular weight excluding hydrogens is 244 g/mol. The van der Waals surface area contributed by atoms with Gasteiger partial charge in [0.15, 0.2) is 0 Å². The maximum Gasteiger partial charge on any atom is 0.0622 e. The largest absolute Gasteiger partial charge is 0.134 e. The lowest BCUT2D eigenvalue weighted by Gasteiger charge is -1.99. The highest BCUT2D eigenvalue weighted by Crippen LogP contribution is 2.27. The summed E-state index contributed by atoms with van der Waals surface area (Å²) in [5.74, 6) is 0. The number of thiophene rings is 1. The zero-order valence-electron chi connectivity index (χ0n) is 9.09. The Morgan fingerprint density at radius 3 is 2.35 bits per heavy atom. The summed E-state index contributed by atoms with van der Waals surface area (Å²) in [7, 11) is 0. The molecule has 0 aliphatic rings. The van der Waals surface area contributed by atoms with Crippen LogP contribution in [0.2, 0.25) is 0 Å². The summed E-state index contributed by atoms with van der Waals surface area (Å²) in [5.41, 5.74) is 1.12. The van der Waals surface area contributed by atoms with Gasteiger partial charge in [0, 0.05) is 9.58 Å². The molecule has 3 rings (SSSR count). The number of rotatable bonds is 2. The molecule has 0 fully saturated rings. The Morgan fingerprint density at radius 1 is 0.882 bits per heavy atom. The van der Waals surface area contributed by atoms with Crippen molar-refractivity contribution in [3.05, 3.63) is 71.1 Å². The van der Waals surface area contributed by atoms with Crippen LogP contribution >= 0.6 is 23.6 Å². The standard InChI is InChI=1S/C15H10S2/c16-15(11-6-2-1-3-7-11)14-10-12-8-4-5-9-13(12)17-14/h1-10H. The van der Waals surface area contributed by atoms with Crippen LogP contribution in [0.4, 0.5) is 0 Å². The second-order valence-corrected chi connectivity index (χ2v) is 5.34. The maximum atomic E-state index is 5.54. The maximum absolute atomic E-state index is 5.54. The summed E-state index contributed by atoms with van der Waals surface area (Å²) in [4.78, 5) is 2.11. The van der Waals surface area contributed by atoms with Gasteiger partial charge in [0.25, 0.3) is 0 Å². The van der Waals surface area contributed by atoms with E-state index in [2.05, 4.69) is 42.5 Å². The van der Waals surface area contributed by atoms with E-state index < -0.39 is 0 Å². The van der Waals surface area contributed by atoms with Gasteiger partial charge in [-0.2, -0.15) is 0 Å². The first-order chi connectivity index (χ1) is 8.34. The molecule has 0 radical (unpaired) electrons. The molecule has 0 bridgehead atoms. The van der Waals surface area contributed by atoms with E-state index in [1.165, 1.54) is 15.0 Å². The van der Waals surface area contributed by atoms with Gasteiger partial charge in [0.1, 0.15) is 0 Å². The Hall–Kier alpha value is -1.51. The molecule has 0 aliphatic carbocycles. The Kier molecular flexibility index (Phi) is 2.75. The van der Waals surface area contributed by atoms with E-state index in [1.54, 1.807) is 11.3 Å². The Labute approximate surface area is 110 Å². The second-order valence-electron chi connectivity index (χ2n) is 3.84. The van der Waals surface area contributed by atoms with Crippen molar-refractivity contribution in [3.63, 3.8) is 0 Å². The summed E-state index contributed by atoms with van der Waals surface area (Å²) in [5, 5.41) is 1.27. The molecule has 0 atom stereocenters. The predicted octanol–water partition coefficient (Wildman–Crippen LogP) is 4.67. The van der Waals surface area contributed by atoms with Crippen molar-refractivity contribution in [1.29, 1.82) is 0 Å². The van der Waals surface area contributed by atoms with Crippen LogP contribution in [-0.4, -0.2) is 4.86 Å². The second kappa shape index (κ2) is 4.40. The molecule has 0 N–H and O–H groups in total. The summed E-state index contributed by atoms with van der Waals surface area (Å²) >= 11 is 7.30. The first-order valence-electron chi connectivity index (χ1n) is 5.43. The molecular formula is C15H10S2. The molecule has 2 aromatic carbocycles. The van der Waals surface area contributed by atoms with E-state index in [1.807, 2.05) is 18.2 Å². The van der Waals surface area contributed by atoms with Crippen molar-refractivity contribution in [3.8, 4) is 0 Å². The Balaban J connectivity index is 2.07. The van der Waals surface area contributed by atoms with Gasteiger partial charge in [-0.3, -0.25) is 0 Å². The van der Waals surface area contributed by atoms with Gasteiger partial charge < -0.3 is 0 Å². The third-order valence-electron chi connectivity index (χ3n) is 2.69. The molecule has 1 aromatic heterocycles. The van der Waals surface area contributed by atoms with Gasteiger partial charge in [-0.15, -0.1) is 11.3 Å². The molecule has 0 spiro atoms. The van der Waals surface area contributed by atoms with Crippen LogP contribution in [0.5, 0.6) is 0 Å². The van der Waals surface area contributed by atoms with Crippen LogP contribution in [-0.2, 0) is 0 Å². The number of thiocarbonyl (C=S) groups is 1. The highest BCUT2D eigenvalue weighted by Gasteiger charge is 2.07. The molecule has 17 heavy (non-hydrogen) atoms. The van der Waals surface area contributed by atoms with E-state index in [0.29, 0.717) is 0 Å². The van der Waals surface area contributed by atoms with Crippen molar-refractivity contribution in [2.75, 3.05) is 0 Å². The molecule has 2 heteroatoms. The zero-order valence-corrected chi connectivity index (χ0v) is 10.7. The third kappa shape index (κ3) is 2.02. The molecule has 0 amide bonds. The summed E-state index contributed by atoms with van der Waals surface area (Å²) in [6.07, 6.45) is 0. The summed E-state index contributed by atoms with van der Waals surface area (Å²) in [6.45, 7) is 0. The van der Waals surface area contributed by atoms with Crippen molar-refractivity contribution in [2.45, 2.75) is 0 Å². The first-order valence-corrected chi connectivity index (χ1v) is 6.65. The molecule has 0 nitrogen and oxygen atoms in total. The van der Waals surface area contributed by atoms with Crippen molar-refractivity contribution >= 4 is 38.5 Å². The van der Waals surface area contributed by atoms with E-state index in [0.717, 1.165) is 10.4 Å². The van der Waals surface area contributed by atoms with Gasteiger partial charge in [-0.05, 0) is 23.1 Å². The molecule has 0 saturated heterocycles. The lowest BCUT2D eigenvalue weighted by Crippen LogP contribution is -1.95. The van der Waals surface area contributed by atoms with Gasteiger partial charge in [-0.1, -0.05) is 60.7 Å². The zero-order chi connectivity index (χ0) is 11.7. The third-order valence-corrected chi connectivity index (χ3v) is 4.40. The lowest BCUT2D eigenvalue weighted by molar-refractivity contribution is 1.67. The van der Waals surface area contributed by atoms with Crippen molar-refractivity contribution in [1.82, 2.24) is 0 Å². The summed E-state index contributed by atoms with van der Waals surface area (Å²) < 4.78 is 1.29. The van der Waals surface area contributed by atoms with Gasteiger partial charge in [0.05, 0.1) is 4.86 Å². The average molecular weight is 254 g/mol. The molecule has 0 unspecified atom stereocenters. The van der Waals surface area contributed by atoms with Crippen molar-refractivity contribution in [2.24, 2.45) is 0 Å². The Bertz CT molecular complexity index is 632. The van der Waals surface area contributed by atoms with Crippen molar-refractivity contribution < 1.29 is 0 Å². The first kappa shape index (κ1) is 10.6. The highest BCUT2D eigenvalue weighted by molar-refractivity contribution is 7.81. The van der Waals surface area contributed by atoms with E-state index in [-0.39, 0.29) is 0 Å². The predicted molar refractivity (Wildman–Crippen MR) is 79.1 cm³/mol. The number of hydrogen-bond acceptors (Lipinski definition) is 2. The smallest absolute Gasteiger partial charge is 0.0622 e. The van der Waals surface area contributed by atoms with E-state index >= 15 is 0 Å². The van der Waals surface area contributed by atoms with Crippen LogP contribution in [0.3, 0.4) is 0 Å². The highest BCUT2D eigenvalue weighted by atomic mass is 32.1. The SMILES string of the molecule is S=C(c1ccccc1)c1cc2ccccc2s1. The fourth-order valence-corrected chi connectivity index (χ4v) is 3.17. The number of fused-ring (bicyclic) bond motifs is 1. The fourth-order valence-electron chi connectivity index (χ4n) is 1.83. The quantitative estimate of drug-likeness (QED) is 0.473. The van der Waals surface area contributed by atoms with E-state index in [9.17, 15) is 0 Å².